The molecule has 18 heavy (non-hydrogen) atoms. The Hall–Kier alpha value is -2.29. The van der Waals surface area contributed by atoms with Crippen molar-refractivity contribution in [2.45, 2.75) is 13.8 Å². The van der Waals surface area contributed by atoms with Gasteiger partial charge in [-0.15, -0.1) is 0 Å². The molecule has 2 N–H and O–H groups in total. The van der Waals surface area contributed by atoms with Gasteiger partial charge in [0, 0.05) is 22.6 Å². The minimum atomic E-state index is -0.0390. The fraction of sp³-hybridized carbons (Fsp3) is 0.133. The van der Waals surface area contributed by atoms with Gasteiger partial charge in [0.2, 0.25) is 0 Å². The van der Waals surface area contributed by atoms with E-state index in [1.165, 1.54) is 0 Å². The molecule has 3 nitrogen and oxygen atoms in total. The molecule has 3 rings (SSSR count). The molecule has 0 saturated carbocycles. The minimum absolute atomic E-state index is 0.0390. The van der Waals surface area contributed by atoms with Crippen molar-refractivity contribution in [2.75, 3.05) is 5.32 Å². The SMILES string of the molecule is Cc1cc(C)[14c](C=C2C(=O)Nc3ccccc32)[nH]1. The van der Waals surface area contributed by atoms with E-state index in [0.29, 0.717) is 0 Å². The Morgan fingerprint density at radius 2 is 2.00 bits per heavy atom. The van der Waals surface area contributed by atoms with Gasteiger partial charge < -0.3 is 10.3 Å². The van der Waals surface area contributed by atoms with Crippen molar-refractivity contribution in [2.24, 2.45) is 0 Å². The average molecular weight is 240 g/mol. The highest BCUT2D eigenvalue weighted by molar-refractivity contribution is 6.34. The molecular weight excluding hydrogens is 226 g/mol. The molecule has 90 valence electrons. The van der Waals surface area contributed by atoms with E-state index in [0.717, 1.165) is 33.8 Å². The third-order valence-corrected chi connectivity index (χ3v) is 3.19. The molecule has 0 fully saturated rings. The number of fused-ring (bicyclic) bond motifs is 1. The highest BCUT2D eigenvalue weighted by Gasteiger charge is 2.23. The second kappa shape index (κ2) is 3.88. The Morgan fingerprint density at radius 1 is 1.22 bits per heavy atom. The molecule has 1 aromatic carbocycles. The number of aryl methyl sites for hydroxylation is 2. The van der Waals surface area contributed by atoms with Crippen molar-refractivity contribution in [1.29, 1.82) is 0 Å². The van der Waals surface area contributed by atoms with Crippen LogP contribution in [-0.4, -0.2) is 10.9 Å². The number of H-pyrrole nitrogens is 1. The van der Waals surface area contributed by atoms with Gasteiger partial charge in [0.15, 0.2) is 0 Å². The summed E-state index contributed by atoms with van der Waals surface area (Å²) in [5, 5.41) is 2.87. The number of carbonyl (C=O) groups excluding carboxylic acids is 1. The Morgan fingerprint density at radius 3 is 2.72 bits per heavy atom. The first-order chi connectivity index (χ1) is 8.65. The van der Waals surface area contributed by atoms with Gasteiger partial charge in [-0.05, 0) is 37.6 Å². The first-order valence-corrected chi connectivity index (χ1v) is 5.94. The molecular formula is C15H14N2O. The smallest absolute Gasteiger partial charge is 0.256 e. The standard InChI is InChI=1S/C15H14N2O/c1-9-7-10(2)16-14(9)8-12-11-5-3-4-6-13(11)17-15(12)18/h3-8,16H,1-2H3,(H,17,18)/i14+2. The molecule has 1 aromatic heterocycles. The summed E-state index contributed by atoms with van der Waals surface area (Å²) < 4.78 is 0. The molecule has 0 unspecified atom stereocenters. The molecule has 2 aromatic rings. The fourth-order valence-electron chi connectivity index (χ4n) is 2.33. The predicted octanol–water partition coefficient (Wildman–Crippen LogP) is 3.12. The quantitative estimate of drug-likeness (QED) is 0.739. The van der Waals surface area contributed by atoms with Crippen LogP contribution in [-0.2, 0) is 4.79 Å². The van der Waals surface area contributed by atoms with Gasteiger partial charge in [0.05, 0.1) is 5.57 Å². The maximum atomic E-state index is 12.0. The van der Waals surface area contributed by atoms with Crippen LogP contribution in [0.4, 0.5) is 5.69 Å². The lowest BCUT2D eigenvalue weighted by atomic mass is 10.1. The summed E-state index contributed by atoms with van der Waals surface area (Å²) in [6.07, 6.45) is 1.92. The summed E-state index contributed by atoms with van der Waals surface area (Å²) in [5.74, 6) is -0.0390. The van der Waals surface area contributed by atoms with E-state index in [1.807, 2.05) is 44.2 Å². The maximum absolute atomic E-state index is 12.0. The van der Waals surface area contributed by atoms with Gasteiger partial charge in [-0.25, -0.2) is 0 Å². The third-order valence-electron chi connectivity index (χ3n) is 3.19. The van der Waals surface area contributed by atoms with Crippen molar-refractivity contribution in [3.05, 3.63) is 52.8 Å². The van der Waals surface area contributed by atoms with Crippen LogP contribution < -0.4 is 5.32 Å². The molecule has 0 spiro atoms. The number of hydrogen-bond donors (Lipinski definition) is 2. The van der Waals surface area contributed by atoms with Crippen LogP contribution in [0.1, 0.15) is 22.5 Å². The van der Waals surface area contributed by atoms with E-state index >= 15 is 0 Å². The molecule has 0 aliphatic carbocycles. The summed E-state index contributed by atoms with van der Waals surface area (Å²) in [6.45, 7) is 4.05. The van der Waals surface area contributed by atoms with Gasteiger partial charge in [-0.1, -0.05) is 18.2 Å². The van der Waals surface area contributed by atoms with E-state index < -0.39 is 0 Å². The number of carbonyl (C=O) groups is 1. The lowest BCUT2D eigenvalue weighted by Crippen LogP contribution is -2.03. The van der Waals surface area contributed by atoms with Crippen molar-refractivity contribution < 1.29 is 4.79 Å². The monoisotopic (exact) mass is 240 g/mol. The van der Waals surface area contributed by atoms with Crippen LogP contribution in [0.5, 0.6) is 0 Å². The first kappa shape index (κ1) is 10.8. The summed E-state index contributed by atoms with van der Waals surface area (Å²) >= 11 is 0. The number of para-hydroxylation sites is 1. The van der Waals surface area contributed by atoms with Crippen LogP contribution >= 0.6 is 0 Å². The Balaban J connectivity index is 2.12. The van der Waals surface area contributed by atoms with Crippen molar-refractivity contribution in [3.8, 4) is 0 Å². The van der Waals surface area contributed by atoms with E-state index in [1.54, 1.807) is 0 Å². The number of aromatic nitrogens is 1. The lowest BCUT2D eigenvalue weighted by molar-refractivity contribution is -0.110. The van der Waals surface area contributed by atoms with Crippen LogP contribution in [0.25, 0.3) is 11.6 Å². The summed E-state index contributed by atoms with van der Waals surface area (Å²) in [7, 11) is 0. The van der Waals surface area contributed by atoms with Crippen molar-refractivity contribution in [1.82, 2.24) is 4.98 Å². The number of amides is 1. The fourth-order valence-corrected chi connectivity index (χ4v) is 2.33. The number of benzene rings is 1. The van der Waals surface area contributed by atoms with Gasteiger partial charge in [0.1, 0.15) is 0 Å². The third kappa shape index (κ3) is 1.64. The van der Waals surface area contributed by atoms with Crippen LogP contribution in [0.15, 0.2) is 30.3 Å². The lowest BCUT2D eigenvalue weighted by Gasteiger charge is -1.97. The first-order valence-electron chi connectivity index (χ1n) is 5.94. The normalized spacial score (nSPS) is 15.9. The second-order valence-corrected chi connectivity index (χ2v) is 4.61. The van der Waals surface area contributed by atoms with E-state index in [-0.39, 0.29) is 5.91 Å². The Bertz CT molecular complexity index is 665. The Kier molecular flexibility index (Phi) is 2.33. The Labute approximate surface area is 106 Å². The average Bonchev–Trinajstić information content (AvgIpc) is 2.81. The molecule has 0 bridgehead atoms. The molecule has 1 amide bonds. The maximum Gasteiger partial charge on any atom is 0.256 e. The highest BCUT2D eigenvalue weighted by Crippen LogP contribution is 2.32. The second-order valence-electron chi connectivity index (χ2n) is 4.61. The zero-order valence-electron chi connectivity index (χ0n) is 10.4. The largest absolute Gasteiger partial charge is 0.359 e. The van der Waals surface area contributed by atoms with Gasteiger partial charge in [-0.3, -0.25) is 4.79 Å². The predicted molar refractivity (Wildman–Crippen MR) is 73.2 cm³/mol. The molecule has 1 aliphatic rings. The van der Waals surface area contributed by atoms with Gasteiger partial charge in [0.25, 0.3) is 5.91 Å². The van der Waals surface area contributed by atoms with Gasteiger partial charge in [-0.2, -0.15) is 0 Å². The van der Waals surface area contributed by atoms with Crippen LogP contribution in [0.3, 0.4) is 0 Å². The molecule has 3 heteroatoms. The van der Waals surface area contributed by atoms with E-state index in [2.05, 4.69) is 16.4 Å². The zero-order chi connectivity index (χ0) is 12.7. The summed E-state index contributed by atoms with van der Waals surface area (Å²) in [6, 6.07) is 9.82. The number of aromatic amines is 1. The molecule has 0 atom stereocenters. The van der Waals surface area contributed by atoms with Crippen LogP contribution in [0, 0.1) is 13.8 Å². The molecule has 2 heterocycles. The summed E-state index contributed by atoms with van der Waals surface area (Å²) in [4.78, 5) is 15.2. The summed E-state index contributed by atoms with van der Waals surface area (Å²) in [5.41, 5.74) is 5.82. The van der Waals surface area contributed by atoms with E-state index in [9.17, 15) is 4.79 Å². The topological polar surface area (TPSA) is 44.9 Å². The van der Waals surface area contributed by atoms with Crippen LogP contribution in [0.2, 0.25) is 0 Å². The number of nitrogens with one attached hydrogen (secondary N) is 2. The highest BCUT2D eigenvalue weighted by atomic mass is 16.2. The number of rotatable bonds is 1. The number of anilines is 1. The van der Waals surface area contributed by atoms with E-state index in [4.69, 9.17) is 0 Å². The zero-order valence-corrected chi connectivity index (χ0v) is 10.4. The molecule has 0 saturated heterocycles. The number of hydrogen-bond acceptors (Lipinski definition) is 1. The van der Waals surface area contributed by atoms with Crippen molar-refractivity contribution >= 4 is 23.2 Å². The molecule has 1 aliphatic heterocycles. The minimum Gasteiger partial charge on any atom is -0.359 e. The van der Waals surface area contributed by atoms with Gasteiger partial charge >= 0.3 is 0 Å². The van der Waals surface area contributed by atoms with Crippen molar-refractivity contribution in [3.63, 3.8) is 0 Å². The molecule has 0 radical (unpaired) electrons.